The molecule has 0 aromatic heterocycles. The monoisotopic (exact) mass is 351 g/mol. The van der Waals surface area contributed by atoms with Crippen LogP contribution in [0, 0.1) is 5.82 Å². The van der Waals surface area contributed by atoms with Crippen LogP contribution in [0.3, 0.4) is 0 Å². The molecule has 2 aromatic rings. The molecule has 0 spiro atoms. The molecule has 0 aliphatic heterocycles. The number of rotatable bonds is 6. The molecule has 112 valence electrons. The van der Waals surface area contributed by atoms with Gasteiger partial charge in [-0.15, -0.1) is 0 Å². The fourth-order valence-electron chi connectivity index (χ4n) is 2.26. The Bertz CT molecular complexity index is 586. The number of halogens is 2. The second kappa shape index (κ2) is 7.57. The van der Waals surface area contributed by atoms with Gasteiger partial charge in [-0.25, -0.2) is 4.39 Å². The fourth-order valence-corrected chi connectivity index (χ4v) is 2.77. The van der Waals surface area contributed by atoms with Gasteiger partial charge in [-0.05, 0) is 55.8 Å². The molecule has 1 N–H and O–H groups in total. The van der Waals surface area contributed by atoms with Crippen LogP contribution in [0.5, 0.6) is 5.75 Å². The van der Waals surface area contributed by atoms with Crippen molar-refractivity contribution >= 4 is 15.9 Å². The van der Waals surface area contributed by atoms with Crippen LogP contribution in [0.4, 0.5) is 4.39 Å². The first-order valence-corrected chi connectivity index (χ1v) is 7.77. The summed E-state index contributed by atoms with van der Waals surface area (Å²) in [7, 11) is 1.93. The van der Waals surface area contributed by atoms with Crippen molar-refractivity contribution in [3.8, 4) is 5.75 Å². The average Bonchev–Trinajstić information content (AvgIpc) is 2.48. The smallest absolute Gasteiger partial charge is 0.124 e. The van der Waals surface area contributed by atoms with Gasteiger partial charge in [0.1, 0.15) is 11.6 Å². The molecule has 0 heterocycles. The summed E-state index contributed by atoms with van der Waals surface area (Å²) in [4.78, 5) is 0. The van der Waals surface area contributed by atoms with Crippen LogP contribution in [0.1, 0.15) is 24.1 Å². The van der Waals surface area contributed by atoms with Crippen LogP contribution in [0.25, 0.3) is 0 Å². The van der Waals surface area contributed by atoms with Crippen LogP contribution < -0.4 is 10.1 Å². The maximum atomic E-state index is 13.1. The van der Waals surface area contributed by atoms with E-state index in [1.54, 1.807) is 0 Å². The molecule has 0 aliphatic carbocycles. The Hall–Kier alpha value is -1.39. The van der Waals surface area contributed by atoms with Crippen LogP contribution in [0.15, 0.2) is 46.9 Å². The molecule has 2 rings (SSSR count). The predicted molar refractivity (Wildman–Crippen MR) is 87.2 cm³/mol. The topological polar surface area (TPSA) is 21.3 Å². The van der Waals surface area contributed by atoms with E-state index < -0.39 is 0 Å². The molecule has 21 heavy (non-hydrogen) atoms. The maximum absolute atomic E-state index is 13.1. The minimum atomic E-state index is -0.229. The highest BCUT2D eigenvalue weighted by Gasteiger charge is 2.12. The van der Waals surface area contributed by atoms with Gasteiger partial charge in [-0.1, -0.05) is 34.1 Å². The SMILES string of the molecule is CCOc1ccc(C(Cc2ccc(F)cc2Br)NC)cc1. The van der Waals surface area contributed by atoms with E-state index in [1.165, 1.54) is 17.7 Å². The summed E-state index contributed by atoms with van der Waals surface area (Å²) >= 11 is 3.42. The lowest BCUT2D eigenvalue weighted by atomic mass is 9.99. The molecule has 2 nitrogen and oxygen atoms in total. The van der Waals surface area contributed by atoms with Gasteiger partial charge in [0.05, 0.1) is 6.61 Å². The lowest BCUT2D eigenvalue weighted by molar-refractivity contribution is 0.340. The van der Waals surface area contributed by atoms with Crippen molar-refractivity contribution in [2.24, 2.45) is 0 Å². The van der Waals surface area contributed by atoms with Gasteiger partial charge in [-0.2, -0.15) is 0 Å². The first-order chi connectivity index (χ1) is 10.1. The van der Waals surface area contributed by atoms with Gasteiger partial charge in [0.2, 0.25) is 0 Å². The lowest BCUT2D eigenvalue weighted by Crippen LogP contribution is -2.19. The lowest BCUT2D eigenvalue weighted by Gasteiger charge is -2.18. The maximum Gasteiger partial charge on any atom is 0.124 e. The second-order valence-corrected chi connectivity index (χ2v) is 5.64. The van der Waals surface area contributed by atoms with Gasteiger partial charge < -0.3 is 10.1 Å². The van der Waals surface area contributed by atoms with Crippen LogP contribution >= 0.6 is 15.9 Å². The highest BCUT2D eigenvalue weighted by Crippen LogP contribution is 2.25. The van der Waals surface area contributed by atoms with Crippen molar-refractivity contribution < 1.29 is 9.13 Å². The van der Waals surface area contributed by atoms with E-state index in [9.17, 15) is 4.39 Å². The summed E-state index contributed by atoms with van der Waals surface area (Å²) in [6.07, 6.45) is 0.783. The van der Waals surface area contributed by atoms with Gasteiger partial charge >= 0.3 is 0 Å². The zero-order valence-corrected chi connectivity index (χ0v) is 13.8. The zero-order chi connectivity index (χ0) is 15.2. The number of hydrogen-bond acceptors (Lipinski definition) is 2. The molecule has 1 atom stereocenters. The van der Waals surface area contributed by atoms with Crippen molar-refractivity contribution in [2.45, 2.75) is 19.4 Å². The van der Waals surface area contributed by atoms with Gasteiger partial charge in [0.25, 0.3) is 0 Å². The van der Waals surface area contributed by atoms with E-state index in [1.807, 2.05) is 32.2 Å². The largest absolute Gasteiger partial charge is 0.494 e. The number of nitrogens with one attached hydrogen (secondary N) is 1. The Labute approximate surface area is 133 Å². The summed E-state index contributed by atoms with van der Waals surface area (Å²) in [5, 5.41) is 3.30. The molecular formula is C17H19BrFNO. The summed E-state index contributed by atoms with van der Waals surface area (Å²) < 4.78 is 19.4. The average molecular weight is 352 g/mol. The molecular weight excluding hydrogens is 333 g/mol. The number of benzene rings is 2. The van der Waals surface area contributed by atoms with Crippen LogP contribution in [-0.2, 0) is 6.42 Å². The Morgan fingerprint density at radius 3 is 2.48 bits per heavy atom. The third-order valence-corrected chi connectivity index (χ3v) is 4.12. The normalized spacial score (nSPS) is 12.2. The molecule has 0 radical (unpaired) electrons. The molecule has 1 unspecified atom stereocenters. The van der Waals surface area contributed by atoms with Crippen molar-refractivity contribution in [2.75, 3.05) is 13.7 Å². The first-order valence-electron chi connectivity index (χ1n) is 6.98. The molecule has 0 amide bonds. The summed E-state index contributed by atoms with van der Waals surface area (Å²) in [6.45, 7) is 2.63. The van der Waals surface area contributed by atoms with Crippen LogP contribution in [-0.4, -0.2) is 13.7 Å². The van der Waals surface area contributed by atoms with E-state index in [-0.39, 0.29) is 11.9 Å². The van der Waals surface area contributed by atoms with E-state index in [4.69, 9.17) is 4.74 Å². The van der Waals surface area contributed by atoms with Gasteiger partial charge in [0.15, 0.2) is 0 Å². The first kappa shape index (κ1) is 16.0. The molecule has 0 fully saturated rings. The highest BCUT2D eigenvalue weighted by molar-refractivity contribution is 9.10. The number of hydrogen-bond donors (Lipinski definition) is 1. The number of ether oxygens (including phenoxy) is 1. The minimum Gasteiger partial charge on any atom is -0.494 e. The summed E-state index contributed by atoms with van der Waals surface area (Å²) in [5.41, 5.74) is 2.25. The Balaban J connectivity index is 2.15. The van der Waals surface area contributed by atoms with Crippen molar-refractivity contribution in [3.05, 3.63) is 63.9 Å². The molecule has 2 aromatic carbocycles. The van der Waals surface area contributed by atoms with Crippen molar-refractivity contribution in [1.82, 2.24) is 5.32 Å². The van der Waals surface area contributed by atoms with E-state index in [0.29, 0.717) is 6.61 Å². The van der Waals surface area contributed by atoms with Crippen LogP contribution in [0.2, 0.25) is 0 Å². The fraction of sp³-hybridized carbons (Fsp3) is 0.294. The second-order valence-electron chi connectivity index (χ2n) is 4.78. The molecule has 0 aliphatic rings. The Morgan fingerprint density at radius 1 is 1.19 bits per heavy atom. The predicted octanol–water partition coefficient (Wildman–Crippen LogP) is 4.49. The molecule has 0 saturated heterocycles. The minimum absolute atomic E-state index is 0.169. The zero-order valence-electron chi connectivity index (χ0n) is 12.2. The van der Waals surface area contributed by atoms with E-state index in [2.05, 4.69) is 33.4 Å². The standard InChI is InChI=1S/C17H19BrFNO/c1-3-21-15-8-5-12(6-9-15)17(20-2)10-13-4-7-14(19)11-16(13)18/h4-9,11,17,20H,3,10H2,1-2H3. The van der Waals surface area contributed by atoms with Gasteiger partial charge in [0, 0.05) is 10.5 Å². The van der Waals surface area contributed by atoms with E-state index in [0.717, 1.165) is 22.2 Å². The summed E-state index contributed by atoms with van der Waals surface area (Å²) in [5.74, 6) is 0.645. The molecule has 4 heteroatoms. The highest BCUT2D eigenvalue weighted by atomic mass is 79.9. The number of likely N-dealkylation sites (N-methyl/N-ethyl adjacent to an activating group) is 1. The van der Waals surface area contributed by atoms with E-state index >= 15 is 0 Å². The Kier molecular flexibility index (Phi) is 5.76. The third-order valence-electron chi connectivity index (χ3n) is 3.38. The van der Waals surface area contributed by atoms with Crippen molar-refractivity contribution in [1.29, 1.82) is 0 Å². The third kappa shape index (κ3) is 4.29. The molecule has 0 saturated carbocycles. The quantitative estimate of drug-likeness (QED) is 0.827. The summed E-state index contributed by atoms with van der Waals surface area (Å²) in [6, 6.07) is 13.0. The molecule has 0 bridgehead atoms. The Morgan fingerprint density at radius 2 is 1.90 bits per heavy atom. The van der Waals surface area contributed by atoms with Gasteiger partial charge in [-0.3, -0.25) is 0 Å². The van der Waals surface area contributed by atoms with Crippen molar-refractivity contribution in [3.63, 3.8) is 0 Å².